The number of nitrogens with one attached hydrogen (secondary N) is 1. The lowest BCUT2D eigenvalue weighted by molar-refractivity contribution is -0.132. The number of anilines is 1. The molecule has 1 saturated heterocycles. The van der Waals surface area contributed by atoms with Crippen LogP contribution in [0.1, 0.15) is 51.0 Å². The van der Waals surface area contributed by atoms with E-state index in [0.717, 1.165) is 49.9 Å². The molecule has 9 heteroatoms. The first-order valence-electron chi connectivity index (χ1n) is 9.98. The van der Waals surface area contributed by atoms with Crippen LogP contribution in [0.5, 0.6) is 0 Å². The van der Waals surface area contributed by atoms with Crippen molar-refractivity contribution in [1.82, 2.24) is 25.0 Å². The minimum atomic E-state index is -0.0770. The van der Waals surface area contributed by atoms with Crippen LogP contribution in [0.15, 0.2) is 5.16 Å². The van der Waals surface area contributed by atoms with Crippen LogP contribution in [-0.2, 0) is 9.59 Å². The molecule has 0 unspecified atom stereocenters. The third-order valence-electron chi connectivity index (χ3n) is 5.27. The molecular formula is C18H28N6O2S. The monoisotopic (exact) mass is 392 g/mol. The van der Waals surface area contributed by atoms with Gasteiger partial charge in [0.1, 0.15) is 0 Å². The summed E-state index contributed by atoms with van der Waals surface area (Å²) in [6, 6.07) is 0.789. The molecule has 3 aliphatic rings. The highest BCUT2D eigenvalue weighted by molar-refractivity contribution is 7.99. The number of carbonyl (C=O) groups is 2. The lowest BCUT2D eigenvalue weighted by atomic mass is 10.1. The Kier molecular flexibility index (Phi) is 5.56. The first kappa shape index (κ1) is 18.6. The van der Waals surface area contributed by atoms with Gasteiger partial charge in [-0.05, 0) is 44.9 Å². The SMILES string of the molecule is CN(CC(=O)NC1CC1)C(=O)CSc1nnc(N2CCCCC2)n1C1CC1. The standard InChI is InChI=1S/C18H28N6O2S/c1-22(11-15(25)19-13-5-6-13)16(26)12-27-18-21-20-17(24(18)14-7-8-14)23-9-3-2-4-10-23/h13-14H,2-12H2,1H3,(H,19,25). The van der Waals surface area contributed by atoms with E-state index in [1.807, 2.05) is 0 Å². The van der Waals surface area contributed by atoms with Gasteiger partial charge >= 0.3 is 0 Å². The van der Waals surface area contributed by atoms with Crippen molar-refractivity contribution in [1.29, 1.82) is 0 Å². The molecule has 0 spiro atoms. The molecule has 8 nitrogen and oxygen atoms in total. The van der Waals surface area contributed by atoms with Crippen molar-refractivity contribution >= 4 is 29.5 Å². The molecule has 0 atom stereocenters. The number of rotatable bonds is 8. The molecule has 2 aliphatic carbocycles. The number of carbonyl (C=O) groups excluding carboxylic acids is 2. The summed E-state index contributed by atoms with van der Waals surface area (Å²) in [7, 11) is 1.68. The third kappa shape index (κ3) is 4.75. The van der Waals surface area contributed by atoms with Crippen molar-refractivity contribution in [3.8, 4) is 0 Å². The van der Waals surface area contributed by atoms with Crippen LogP contribution in [0.2, 0.25) is 0 Å². The number of piperidine rings is 1. The summed E-state index contributed by atoms with van der Waals surface area (Å²) < 4.78 is 2.23. The number of amides is 2. The van der Waals surface area contributed by atoms with Crippen LogP contribution in [0.25, 0.3) is 0 Å². The number of hydrogen-bond donors (Lipinski definition) is 1. The van der Waals surface area contributed by atoms with Gasteiger partial charge in [-0.2, -0.15) is 0 Å². The Morgan fingerprint density at radius 2 is 1.89 bits per heavy atom. The molecule has 4 rings (SSSR count). The normalized spacial score (nSPS) is 19.8. The minimum Gasteiger partial charge on any atom is -0.352 e. The van der Waals surface area contributed by atoms with E-state index in [4.69, 9.17) is 0 Å². The highest BCUT2D eigenvalue weighted by Crippen LogP contribution is 2.41. The Morgan fingerprint density at radius 1 is 1.15 bits per heavy atom. The topological polar surface area (TPSA) is 83.4 Å². The number of nitrogens with zero attached hydrogens (tertiary/aromatic N) is 5. The fourth-order valence-electron chi connectivity index (χ4n) is 3.37. The Morgan fingerprint density at radius 3 is 2.56 bits per heavy atom. The van der Waals surface area contributed by atoms with Gasteiger partial charge in [-0.15, -0.1) is 10.2 Å². The summed E-state index contributed by atoms with van der Waals surface area (Å²) >= 11 is 1.43. The molecular weight excluding hydrogens is 364 g/mol. The van der Waals surface area contributed by atoms with Gasteiger partial charge in [0, 0.05) is 32.2 Å². The van der Waals surface area contributed by atoms with Crippen molar-refractivity contribution in [3.63, 3.8) is 0 Å². The highest BCUT2D eigenvalue weighted by atomic mass is 32.2. The van der Waals surface area contributed by atoms with Crippen LogP contribution < -0.4 is 10.2 Å². The molecule has 0 radical (unpaired) electrons. The van der Waals surface area contributed by atoms with Gasteiger partial charge in [-0.3, -0.25) is 14.2 Å². The number of thioether (sulfide) groups is 1. The van der Waals surface area contributed by atoms with Crippen molar-refractivity contribution in [2.24, 2.45) is 0 Å². The summed E-state index contributed by atoms with van der Waals surface area (Å²) in [5, 5.41) is 12.6. The number of aromatic nitrogens is 3. The van der Waals surface area contributed by atoms with E-state index in [2.05, 4.69) is 25.0 Å². The highest BCUT2D eigenvalue weighted by Gasteiger charge is 2.32. The first-order chi connectivity index (χ1) is 13.1. The fourth-order valence-corrected chi connectivity index (χ4v) is 4.31. The van der Waals surface area contributed by atoms with Gasteiger partial charge in [0.2, 0.25) is 17.8 Å². The third-order valence-corrected chi connectivity index (χ3v) is 6.20. The summed E-state index contributed by atoms with van der Waals surface area (Å²) in [4.78, 5) is 28.1. The van der Waals surface area contributed by atoms with Gasteiger partial charge in [0.15, 0.2) is 5.16 Å². The van der Waals surface area contributed by atoms with Gasteiger partial charge in [-0.25, -0.2) is 0 Å². The van der Waals surface area contributed by atoms with Crippen molar-refractivity contribution in [2.45, 2.75) is 62.2 Å². The van der Waals surface area contributed by atoms with Crippen molar-refractivity contribution in [3.05, 3.63) is 0 Å². The molecule has 1 aromatic heterocycles. The Hall–Kier alpha value is -1.77. The molecule has 2 amide bonds. The number of likely N-dealkylation sites (N-methyl/N-ethyl adjacent to an activating group) is 1. The fraction of sp³-hybridized carbons (Fsp3) is 0.778. The summed E-state index contributed by atoms with van der Waals surface area (Å²) in [5.74, 6) is 1.10. The molecule has 2 heterocycles. The van der Waals surface area contributed by atoms with E-state index in [-0.39, 0.29) is 24.1 Å². The van der Waals surface area contributed by atoms with Crippen LogP contribution in [0.3, 0.4) is 0 Å². The van der Waals surface area contributed by atoms with Crippen molar-refractivity contribution in [2.75, 3.05) is 37.3 Å². The number of hydrogen-bond acceptors (Lipinski definition) is 6. The molecule has 3 fully saturated rings. The second-order valence-electron chi connectivity index (χ2n) is 7.81. The van der Waals surface area contributed by atoms with E-state index >= 15 is 0 Å². The minimum absolute atomic E-state index is 0.0594. The maximum atomic E-state index is 12.4. The van der Waals surface area contributed by atoms with Crippen LogP contribution in [0.4, 0.5) is 5.95 Å². The van der Waals surface area contributed by atoms with Crippen LogP contribution >= 0.6 is 11.8 Å². The van der Waals surface area contributed by atoms with Gasteiger partial charge in [0.05, 0.1) is 12.3 Å². The van der Waals surface area contributed by atoms with Crippen LogP contribution in [-0.4, -0.2) is 70.0 Å². The predicted molar refractivity (Wildman–Crippen MR) is 104 cm³/mol. The smallest absolute Gasteiger partial charge is 0.239 e. The van der Waals surface area contributed by atoms with E-state index in [0.29, 0.717) is 12.1 Å². The second kappa shape index (κ2) is 8.08. The van der Waals surface area contributed by atoms with Gasteiger partial charge in [-0.1, -0.05) is 11.8 Å². The van der Waals surface area contributed by atoms with Gasteiger partial charge < -0.3 is 15.1 Å². The molecule has 0 bridgehead atoms. The zero-order valence-electron chi connectivity index (χ0n) is 15.9. The Labute approximate surface area is 164 Å². The van der Waals surface area contributed by atoms with E-state index < -0.39 is 0 Å². The predicted octanol–water partition coefficient (Wildman–Crippen LogP) is 1.43. The molecule has 2 saturated carbocycles. The average Bonchev–Trinajstić information content (AvgIpc) is 3.60. The molecule has 1 aliphatic heterocycles. The van der Waals surface area contributed by atoms with E-state index in [9.17, 15) is 9.59 Å². The maximum absolute atomic E-state index is 12.4. The average molecular weight is 393 g/mol. The maximum Gasteiger partial charge on any atom is 0.239 e. The molecule has 148 valence electrons. The van der Waals surface area contributed by atoms with Crippen molar-refractivity contribution < 1.29 is 9.59 Å². The van der Waals surface area contributed by atoms with Crippen LogP contribution in [0, 0.1) is 0 Å². The Bertz CT molecular complexity index is 694. The quantitative estimate of drug-likeness (QED) is 0.674. The first-order valence-corrected chi connectivity index (χ1v) is 11.0. The molecule has 1 aromatic rings. The lowest BCUT2D eigenvalue weighted by Crippen LogP contribution is -2.39. The Balaban J connectivity index is 1.34. The molecule has 0 aromatic carbocycles. The zero-order chi connectivity index (χ0) is 18.8. The zero-order valence-corrected chi connectivity index (χ0v) is 16.7. The summed E-state index contributed by atoms with van der Waals surface area (Å²) in [6.07, 6.45) is 8.09. The second-order valence-corrected chi connectivity index (χ2v) is 8.75. The summed E-state index contributed by atoms with van der Waals surface area (Å²) in [6.45, 7) is 2.19. The largest absolute Gasteiger partial charge is 0.352 e. The van der Waals surface area contributed by atoms with E-state index in [1.165, 1.54) is 35.9 Å². The summed E-state index contributed by atoms with van der Waals surface area (Å²) in [5.41, 5.74) is 0. The molecule has 27 heavy (non-hydrogen) atoms. The van der Waals surface area contributed by atoms with E-state index in [1.54, 1.807) is 7.05 Å². The van der Waals surface area contributed by atoms with Gasteiger partial charge in [0.25, 0.3) is 0 Å². The molecule has 1 N–H and O–H groups in total. The lowest BCUT2D eigenvalue weighted by Gasteiger charge is -2.27.